The number of H-pyrrole nitrogens is 1. The number of ether oxygens (including phenoxy) is 1. The lowest BCUT2D eigenvalue weighted by Crippen LogP contribution is -2.44. The number of pyridine rings is 1. The highest BCUT2D eigenvalue weighted by Gasteiger charge is 2.40. The molecule has 118 valence electrons. The second-order valence-corrected chi connectivity index (χ2v) is 5.37. The summed E-state index contributed by atoms with van der Waals surface area (Å²) in [6.07, 6.45) is 3.46. The number of hydrogen-bond acceptors (Lipinski definition) is 4. The van der Waals surface area contributed by atoms with Gasteiger partial charge in [0.2, 0.25) is 0 Å². The molecular weight excluding hydrogens is 290 g/mol. The first-order valence-corrected chi connectivity index (χ1v) is 7.29. The van der Waals surface area contributed by atoms with Gasteiger partial charge in [-0.1, -0.05) is 0 Å². The van der Waals surface area contributed by atoms with Crippen molar-refractivity contribution in [1.29, 1.82) is 0 Å². The van der Waals surface area contributed by atoms with Crippen LogP contribution in [0.25, 0.3) is 11.3 Å². The summed E-state index contributed by atoms with van der Waals surface area (Å²) in [5, 5.41) is 9.97. The molecule has 1 aliphatic heterocycles. The molecule has 0 spiro atoms. The van der Waals surface area contributed by atoms with E-state index >= 15 is 0 Å². The second kappa shape index (κ2) is 6.50. The Balaban J connectivity index is 1.63. The Labute approximate surface area is 127 Å². The normalized spacial score (nSPS) is 21.5. The number of nitrogens with one attached hydrogen (secondary N) is 2. The summed E-state index contributed by atoms with van der Waals surface area (Å²) in [5.74, 6) is -2.75. The average molecular weight is 308 g/mol. The van der Waals surface area contributed by atoms with E-state index in [1.165, 1.54) is 0 Å². The lowest BCUT2D eigenvalue weighted by atomic mass is 10.0. The molecule has 22 heavy (non-hydrogen) atoms. The van der Waals surface area contributed by atoms with Crippen LogP contribution in [0.15, 0.2) is 30.6 Å². The Morgan fingerprint density at radius 2 is 2.32 bits per heavy atom. The summed E-state index contributed by atoms with van der Waals surface area (Å²) in [4.78, 5) is 4.04. The van der Waals surface area contributed by atoms with E-state index in [0.717, 1.165) is 17.0 Å². The molecule has 5 nitrogen and oxygen atoms in total. The van der Waals surface area contributed by atoms with Crippen LogP contribution in [0, 0.1) is 0 Å². The molecule has 3 rings (SSSR count). The molecule has 2 N–H and O–H groups in total. The molecule has 1 aliphatic rings. The first-order valence-electron chi connectivity index (χ1n) is 7.29. The van der Waals surface area contributed by atoms with Gasteiger partial charge in [-0.25, -0.2) is 8.78 Å². The molecule has 0 saturated carbocycles. The topological polar surface area (TPSA) is 62.8 Å². The van der Waals surface area contributed by atoms with Crippen molar-refractivity contribution in [3.63, 3.8) is 0 Å². The number of rotatable bonds is 4. The van der Waals surface area contributed by atoms with Crippen LogP contribution in [0.3, 0.4) is 0 Å². The minimum atomic E-state index is -2.75. The highest BCUT2D eigenvalue weighted by Crippen LogP contribution is 2.28. The van der Waals surface area contributed by atoms with Crippen LogP contribution < -0.4 is 5.32 Å². The first-order chi connectivity index (χ1) is 10.6. The predicted octanol–water partition coefficient (Wildman–Crippen LogP) is 2.38. The monoisotopic (exact) mass is 308 g/mol. The zero-order valence-corrected chi connectivity index (χ0v) is 12.1. The minimum absolute atomic E-state index is 0.112. The summed E-state index contributed by atoms with van der Waals surface area (Å²) in [6, 6.07) is 4.70. The number of nitrogens with zero attached hydrogens (tertiary/aromatic N) is 2. The van der Waals surface area contributed by atoms with E-state index < -0.39 is 12.0 Å². The Bertz CT molecular complexity index is 603. The zero-order chi connectivity index (χ0) is 15.4. The van der Waals surface area contributed by atoms with Gasteiger partial charge in [0.15, 0.2) is 0 Å². The van der Waals surface area contributed by atoms with Crippen LogP contribution in [0.1, 0.15) is 18.5 Å². The molecule has 1 fully saturated rings. The molecule has 3 heterocycles. The van der Waals surface area contributed by atoms with Crippen LogP contribution in [0.2, 0.25) is 0 Å². The van der Waals surface area contributed by atoms with Crippen molar-refractivity contribution in [3.05, 3.63) is 36.3 Å². The van der Waals surface area contributed by atoms with Crippen molar-refractivity contribution in [2.24, 2.45) is 0 Å². The van der Waals surface area contributed by atoms with Gasteiger partial charge < -0.3 is 10.1 Å². The fourth-order valence-corrected chi connectivity index (χ4v) is 2.50. The number of aromatic amines is 1. The number of hydrogen-bond donors (Lipinski definition) is 2. The van der Waals surface area contributed by atoms with Crippen LogP contribution in [0.5, 0.6) is 0 Å². The Kier molecular flexibility index (Phi) is 4.44. The molecular formula is C15H18F2N4O. The van der Waals surface area contributed by atoms with E-state index in [1.807, 2.05) is 18.2 Å². The molecule has 0 bridgehead atoms. The van der Waals surface area contributed by atoms with Crippen molar-refractivity contribution in [2.75, 3.05) is 13.2 Å². The van der Waals surface area contributed by atoms with Crippen LogP contribution in [0.4, 0.5) is 8.78 Å². The number of halogens is 2. The van der Waals surface area contributed by atoms with Gasteiger partial charge in [-0.05, 0) is 24.6 Å². The maximum Gasteiger partial charge on any atom is 0.265 e. The Morgan fingerprint density at radius 1 is 1.41 bits per heavy atom. The standard InChI is InChI=1S/C15H18F2N4O/c16-15(17)4-7-22-6-3-14(15)19-10-12-8-13(21-20-12)11-2-1-5-18-9-11/h1-2,5,8-9,14,19H,3-4,6-7,10H2,(H,20,21). The molecule has 7 heteroatoms. The molecule has 0 amide bonds. The predicted molar refractivity (Wildman–Crippen MR) is 77.4 cm³/mol. The smallest absolute Gasteiger partial charge is 0.265 e. The quantitative estimate of drug-likeness (QED) is 0.910. The van der Waals surface area contributed by atoms with Crippen molar-refractivity contribution in [2.45, 2.75) is 31.4 Å². The fraction of sp³-hybridized carbons (Fsp3) is 0.467. The molecule has 2 aromatic heterocycles. The summed E-state index contributed by atoms with van der Waals surface area (Å²) in [6.45, 7) is 0.783. The van der Waals surface area contributed by atoms with Crippen molar-refractivity contribution < 1.29 is 13.5 Å². The largest absolute Gasteiger partial charge is 0.381 e. The lowest BCUT2D eigenvalue weighted by molar-refractivity contribution is -0.0444. The molecule has 1 saturated heterocycles. The fourth-order valence-electron chi connectivity index (χ4n) is 2.50. The number of aromatic nitrogens is 3. The minimum Gasteiger partial charge on any atom is -0.381 e. The highest BCUT2D eigenvalue weighted by molar-refractivity contribution is 5.57. The zero-order valence-electron chi connectivity index (χ0n) is 12.1. The van der Waals surface area contributed by atoms with Gasteiger partial charge in [0.1, 0.15) is 0 Å². The van der Waals surface area contributed by atoms with E-state index in [2.05, 4.69) is 20.5 Å². The van der Waals surface area contributed by atoms with Gasteiger partial charge in [0, 0.05) is 43.2 Å². The van der Waals surface area contributed by atoms with Gasteiger partial charge >= 0.3 is 0 Å². The van der Waals surface area contributed by atoms with Crippen LogP contribution in [-0.4, -0.2) is 40.4 Å². The van der Waals surface area contributed by atoms with E-state index in [1.54, 1.807) is 12.4 Å². The van der Waals surface area contributed by atoms with Crippen molar-refractivity contribution in [1.82, 2.24) is 20.5 Å². The maximum atomic E-state index is 13.9. The van der Waals surface area contributed by atoms with Gasteiger partial charge in [-0.15, -0.1) is 0 Å². The highest BCUT2D eigenvalue weighted by atomic mass is 19.3. The third-order valence-electron chi connectivity index (χ3n) is 3.77. The van der Waals surface area contributed by atoms with Gasteiger partial charge in [-0.2, -0.15) is 5.10 Å². The summed E-state index contributed by atoms with van der Waals surface area (Å²) in [5.41, 5.74) is 2.40. The summed E-state index contributed by atoms with van der Waals surface area (Å²) in [7, 11) is 0. The van der Waals surface area contributed by atoms with Gasteiger partial charge in [0.05, 0.1) is 18.3 Å². The number of alkyl halides is 2. The molecule has 0 aromatic carbocycles. The SMILES string of the molecule is FC1(F)CCOCCC1NCc1cc(-c2cccnc2)n[nH]1. The summed E-state index contributed by atoms with van der Waals surface area (Å²) < 4.78 is 33.0. The maximum absolute atomic E-state index is 13.9. The third-order valence-corrected chi connectivity index (χ3v) is 3.77. The molecule has 2 aromatic rings. The van der Waals surface area contributed by atoms with Crippen LogP contribution >= 0.6 is 0 Å². The third kappa shape index (κ3) is 3.48. The van der Waals surface area contributed by atoms with E-state index in [-0.39, 0.29) is 13.0 Å². The Hall–Kier alpha value is -1.86. The van der Waals surface area contributed by atoms with Gasteiger partial charge in [0.25, 0.3) is 5.92 Å². The van der Waals surface area contributed by atoms with Gasteiger partial charge in [-0.3, -0.25) is 10.1 Å². The van der Waals surface area contributed by atoms with Crippen LogP contribution in [-0.2, 0) is 11.3 Å². The van der Waals surface area contributed by atoms with E-state index in [4.69, 9.17) is 4.74 Å². The van der Waals surface area contributed by atoms with Crippen molar-refractivity contribution in [3.8, 4) is 11.3 Å². The first kappa shape index (κ1) is 15.1. The average Bonchev–Trinajstić information content (AvgIpc) is 2.92. The van der Waals surface area contributed by atoms with E-state index in [9.17, 15) is 8.78 Å². The molecule has 1 atom stereocenters. The van der Waals surface area contributed by atoms with Crippen molar-refractivity contribution >= 4 is 0 Å². The summed E-state index contributed by atoms with van der Waals surface area (Å²) >= 11 is 0. The molecule has 0 aliphatic carbocycles. The Morgan fingerprint density at radius 3 is 3.14 bits per heavy atom. The lowest BCUT2D eigenvalue weighted by Gasteiger charge is -2.24. The second-order valence-electron chi connectivity index (χ2n) is 5.37. The molecule has 0 radical (unpaired) electrons. The molecule has 1 unspecified atom stereocenters. The van der Waals surface area contributed by atoms with E-state index in [0.29, 0.717) is 19.6 Å².